The number of hydrogen-bond donors (Lipinski definition) is 1. The fraction of sp³-hybridized carbons (Fsp3) is 0.143. The number of halogens is 6. The molecule has 3 aromatic carbocycles. The van der Waals surface area contributed by atoms with E-state index in [4.69, 9.17) is 4.55 Å². The first-order valence-corrected chi connectivity index (χ1v) is 11.6. The molecule has 1 N–H and O–H groups in total. The van der Waals surface area contributed by atoms with Crippen LogP contribution in [0.2, 0.25) is 0 Å². The Labute approximate surface area is 182 Å². The van der Waals surface area contributed by atoms with E-state index in [-0.39, 0.29) is 0 Å². The highest BCUT2D eigenvalue weighted by Crippen LogP contribution is 2.37. The summed E-state index contributed by atoms with van der Waals surface area (Å²) in [5.74, 6) is 0. The van der Waals surface area contributed by atoms with E-state index in [1.165, 1.54) is 15.9 Å². The molecule has 0 fully saturated rings. The molecule has 0 bridgehead atoms. The van der Waals surface area contributed by atoms with Crippen LogP contribution in [-0.4, -0.2) is 30.6 Å². The number of hydrogen-bond acceptors (Lipinski definition) is 2. The van der Waals surface area contributed by atoms with Gasteiger partial charge in [-0.2, -0.15) is 30.4 Å². The Hall–Kier alpha value is -2.42. The lowest BCUT2D eigenvalue weighted by atomic mass is 10.4. The predicted octanol–water partition coefficient (Wildman–Crippen LogP) is 4.81. The summed E-state index contributed by atoms with van der Waals surface area (Å²) in [7, 11) is -6.86. The van der Waals surface area contributed by atoms with Crippen molar-refractivity contribution in [3.8, 4) is 0 Å². The lowest BCUT2D eigenvalue weighted by Crippen LogP contribution is -2.46. The fourth-order valence-corrected chi connectivity index (χ4v) is 5.20. The zero-order valence-electron chi connectivity index (χ0n) is 16.1. The number of benzene rings is 3. The molecule has 1 unspecified atom stereocenters. The third-order valence-corrected chi connectivity index (χ3v) is 7.31. The van der Waals surface area contributed by atoms with Gasteiger partial charge in [-0.05, 0) is 23.8 Å². The van der Waals surface area contributed by atoms with Crippen molar-refractivity contribution in [2.24, 2.45) is 0 Å². The lowest BCUT2D eigenvalue weighted by Gasteiger charge is -2.19. The van der Waals surface area contributed by atoms with Crippen molar-refractivity contribution < 1.29 is 39.3 Å². The van der Waals surface area contributed by atoms with E-state index in [9.17, 15) is 34.8 Å². The van der Waals surface area contributed by atoms with Crippen molar-refractivity contribution in [3.63, 3.8) is 0 Å². The summed E-state index contributed by atoms with van der Waals surface area (Å²) in [6, 6.07) is 32.3. The Balaban J connectivity index is 0.000000247. The van der Waals surface area contributed by atoms with Gasteiger partial charge in [0.25, 0.3) is 6.17 Å². The summed E-state index contributed by atoms with van der Waals surface area (Å²) in [6.07, 6.45) is -11.0. The van der Waals surface area contributed by atoms with Crippen molar-refractivity contribution in [3.05, 3.63) is 91.0 Å². The zero-order valence-corrected chi connectivity index (χ0v) is 17.8. The molecule has 0 aliphatic carbocycles. The molecule has 0 aromatic heterocycles. The first-order valence-electron chi connectivity index (χ1n) is 8.86. The minimum Gasteiger partial charge on any atom is -0.281 e. The van der Waals surface area contributed by atoms with Gasteiger partial charge in [0.1, 0.15) is 0 Å². The maximum atomic E-state index is 11.9. The molecule has 0 aliphatic rings. The molecule has 0 spiro atoms. The molecule has 1 atom stereocenters. The maximum absolute atomic E-state index is 11.9. The number of rotatable bonds is 5. The van der Waals surface area contributed by atoms with E-state index >= 15 is 0 Å². The third-order valence-electron chi connectivity index (χ3n) is 3.97. The second-order valence-corrected chi connectivity index (χ2v) is 10.00. The first kappa shape index (κ1) is 25.8. The topological polar surface area (TPSA) is 54.4 Å². The second-order valence-electron chi connectivity index (χ2n) is 6.28. The van der Waals surface area contributed by atoms with E-state index in [1.54, 1.807) is 0 Å². The highest BCUT2D eigenvalue weighted by molar-refractivity contribution is 7.86. The van der Waals surface area contributed by atoms with E-state index in [1.807, 2.05) is 0 Å². The average molecular weight is 494 g/mol. The second kappa shape index (κ2) is 10.5. The van der Waals surface area contributed by atoms with Crippen LogP contribution in [0, 0.1) is 0 Å². The van der Waals surface area contributed by atoms with Gasteiger partial charge in [0.05, 0.1) is 0 Å². The summed E-state index contributed by atoms with van der Waals surface area (Å²) in [4.78, 5) is 0. The molecule has 3 rings (SSSR count). The van der Waals surface area contributed by atoms with E-state index in [2.05, 4.69) is 91.0 Å². The van der Waals surface area contributed by atoms with Crippen LogP contribution in [0.5, 0.6) is 0 Å². The molecule has 0 saturated heterocycles. The van der Waals surface area contributed by atoms with Crippen LogP contribution >= 0.6 is 7.92 Å². The maximum Gasteiger partial charge on any atom is 0.426 e. The van der Waals surface area contributed by atoms with Gasteiger partial charge in [0, 0.05) is 0 Å². The minimum atomic E-state index is -6.41. The van der Waals surface area contributed by atoms with Crippen LogP contribution < -0.4 is 15.9 Å². The van der Waals surface area contributed by atoms with Crippen LogP contribution in [0.3, 0.4) is 0 Å². The van der Waals surface area contributed by atoms with Crippen molar-refractivity contribution in [1.82, 2.24) is 0 Å². The summed E-state index contributed by atoms with van der Waals surface area (Å²) < 4.78 is 96.1. The van der Waals surface area contributed by atoms with E-state index < -0.39 is 35.6 Å². The van der Waals surface area contributed by atoms with Gasteiger partial charge in [-0.1, -0.05) is 91.0 Å². The van der Waals surface area contributed by atoms with E-state index in [0.717, 1.165) is 0 Å². The molecule has 172 valence electrons. The van der Waals surface area contributed by atoms with Crippen LogP contribution in [0.15, 0.2) is 91.0 Å². The molecule has 0 radical (unpaired) electrons. The van der Waals surface area contributed by atoms with Gasteiger partial charge < -0.3 is 0 Å². The third kappa shape index (κ3) is 6.54. The van der Waals surface area contributed by atoms with Crippen molar-refractivity contribution in [1.29, 1.82) is 0 Å². The van der Waals surface area contributed by atoms with Gasteiger partial charge in [0.15, 0.2) is 0 Å². The molecule has 32 heavy (non-hydrogen) atoms. The first-order chi connectivity index (χ1) is 14.9. The van der Waals surface area contributed by atoms with Gasteiger partial charge in [-0.15, -0.1) is 0 Å². The largest absolute Gasteiger partial charge is 0.426 e. The molecule has 3 nitrogen and oxygen atoms in total. The Morgan fingerprint density at radius 1 is 0.656 bits per heavy atom. The molecule has 0 saturated carbocycles. The van der Waals surface area contributed by atoms with Crippen molar-refractivity contribution >= 4 is 34.0 Å². The number of alkyl halides is 6. The zero-order chi connectivity index (χ0) is 24.0. The van der Waals surface area contributed by atoms with Crippen LogP contribution in [0.1, 0.15) is 0 Å². The summed E-state index contributed by atoms with van der Waals surface area (Å²) in [5.41, 5.74) is 0. The average Bonchev–Trinajstić information content (AvgIpc) is 2.75. The highest BCUT2D eigenvalue weighted by atomic mass is 32.2. The predicted molar refractivity (Wildman–Crippen MR) is 113 cm³/mol. The fourth-order valence-electron chi connectivity index (χ4n) is 2.50. The standard InChI is InChI=1S/C18H15P.C3H2F6O3S/c1-4-10-16(11-5-1)19(17-12-6-2-7-13-17)18-14-8-3-9-15-18;4-1(2(5,6)7)3(8,9)13(10,11)12/h1-15H;1H,(H,10,11,12). The summed E-state index contributed by atoms with van der Waals surface area (Å²) in [5, 5.41) is -1.69. The molecule has 0 heterocycles. The van der Waals surface area contributed by atoms with Crippen LogP contribution in [-0.2, 0) is 10.1 Å². The quantitative estimate of drug-likeness (QED) is 0.315. The Morgan fingerprint density at radius 3 is 1.12 bits per heavy atom. The van der Waals surface area contributed by atoms with E-state index in [0.29, 0.717) is 0 Å². The molecular formula is C21H17F6O3PS. The molecule has 11 heteroatoms. The SMILES string of the molecule is O=S(=O)(O)C(F)(F)C(F)C(F)(F)F.c1ccc(P(c2ccccc2)c2ccccc2)cc1. The van der Waals surface area contributed by atoms with Gasteiger partial charge in [-0.3, -0.25) is 4.55 Å². The Morgan fingerprint density at radius 2 is 0.938 bits per heavy atom. The minimum absolute atomic E-state index is 0.446. The molecular weight excluding hydrogens is 477 g/mol. The van der Waals surface area contributed by atoms with Crippen molar-refractivity contribution in [2.75, 3.05) is 0 Å². The molecule has 0 amide bonds. The summed E-state index contributed by atoms with van der Waals surface area (Å²) in [6.45, 7) is 0. The van der Waals surface area contributed by atoms with Gasteiger partial charge >= 0.3 is 21.5 Å². The highest BCUT2D eigenvalue weighted by Gasteiger charge is 2.64. The summed E-state index contributed by atoms with van der Waals surface area (Å²) >= 11 is 0. The monoisotopic (exact) mass is 494 g/mol. The molecule has 3 aromatic rings. The smallest absolute Gasteiger partial charge is 0.281 e. The van der Waals surface area contributed by atoms with Gasteiger partial charge in [-0.25, -0.2) is 4.39 Å². The normalized spacial score (nSPS) is 13.2. The lowest BCUT2D eigenvalue weighted by molar-refractivity contribution is -0.223. The molecule has 0 aliphatic heterocycles. The Kier molecular flexibility index (Phi) is 8.45. The van der Waals surface area contributed by atoms with Crippen LogP contribution in [0.4, 0.5) is 26.3 Å². The Bertz CT molecular complexity index is 985. The van der Waals surface area contributed by atoms with Crippen LogP contribution in [0.25, 0.3) is 0 Å². The van der Waals surface area contributed by atoms with Gasteiger partial charge in [0.2, 0.25) is 0 Å². The van der Waals surface area contributed by atoms with Crippen molar-refractivity contribution in [2.45, 2.75) is 17.6 Å².